The van der Waals surface area contributed by atoms with Crippen molar-refractivity contribution in [1.29, 1.82) is 0 Å². The SMILES string of the molecule is [CH2]c1cccc(C)c1C(F)F. The topological polar surface area (TPSA) is 0 Å². The first-order valence-electron chi connectivity index (χ1n) is 3.32. The number of hydrogen-bond donors (Lipinski definition) is 0. The van der Waals surface area contributed by atoms with Gasteiger partial charge in [-0.3, -0.25) is 0 Å². The van der Waals surface area contributed by atoms with E-state index < -0.39 is 6.43 Å². The summed E-state index contributed by atoms with van der Waals surface area (Å²) < 4.78 is 24.5. The highest BCUT2D eigenvalue weighted by Crippen LogP contribution is 2.25. The molecule has 0 saturated carbocycles. The van der Waals surface area contributed by atoms with E-state index in [4.69, 9.17) is 0 Å². The average molecular weight is 155 g/mol. The highest BCUT2D eigenvalue weighted by atomic mass is 19.3. The molecule has 2 heteroatoms. The van der Waals surface area contributed by atoms with E-state index in [0.29, 0.717) is 11.1 Å². The molecule has 1 aromatic carbocycles. The maximum atomic E-state index is 12.2. The van der Waals surface area contributed by atoms with Crippen molar-refractivity contribution in [1.82, 2.24) is 0 Å². The Kier molecular flexibility index (Phi) is 2.22. The third-order valence-corrected chi connectivity index (χ3v) is 1.63. The molecule has 1 rings (SSSR count). The van der Waals surface area contributed by atoms with Crippen molar-refractivity contribution >= 4 is 0 Å². The van der Waals surface area contributed by atoms with E-state index in [1.165, 1.54) is 0 Å². The van der Waals surface area contributed by atoms with Crippen molar-refractivity contribution in [3.63, 3.8) is 0 Å². The molecule has 0 amide bonds. The first-order chi connectivity index (χ1) is 5.13. The third-order valence-electron chi connectivity index (χ3n) is 1.63. The van der Waals surface area contributed by atoms with Gasteiger partial charge in [-0.15, -0.1) is 0 Å². The maximum absolute atomic E-state index is 12.2. The Labute approximate surface area is 64.9 Å². The van der Waals surface area contributed by atoms with Crippen LogP contribution < -0.4 is 0 Å². The number of hydrogen-bond acceptors (Lipinski definition) is 0. The summed E-state index contributed by atoms with van der Waals surface area (Å²) in [6, 6.07) is 4.98. The van der Waals surface area contributed by atoms with Gasteiger partial charge in [0.1, 0.15) is 0 Å². The molecule has 0 spiro atoms. The third kappa shape index (κ3) is 1.56. The number of aryl methyl sites for hydroxylation is 1. The van der Waals surface area contributed by atoms with E-state index in [0.717, 1.165) is 0 Å². The van der Waals surface area contributed by atoms with Gasteiger partial charge in [-0.05, 0) is 25.0 Å². The molecule has 0 atom stereocenters. The van der Waals surface area contributed by atoms with Crippen LogP contribution in [0.5, 0.6) is 0 Å². The van der Waals surface area contributed by atoms with Gasteiger partial charge in [-0.25, -0.2) is 8.78 Å². The van der Waals surface area contributed by atoms with Crippen LogP contribution in [0.4, 0.5) is 8.78 Å². The fourth-order valence-corrected chi connectivity index (χ4v) is 1.05. The molecule has 59 valence electrons. The van der Waals surface area contributed by atoms with Crippen molar-refractivity contribution in [2.45, 2.75) is 13.3 Å². The Morgan fingerprint density at radius 1 is 1.36 bits per heavy atom. The molecule has 1 aromatic rings. The molecule has 11 heavy (non-hydrogen) atoms. The van der Waals surface area contributed by atoms with Crippen molar-refractivity contribution in [3.8, 4) is 0 Å². The Morgan fingerprint density at radius 2 is 2.00 bits per heavy atom. The molecule has 0 saturated heterocycles. The predicted molar refractivity (Wildman–Crippen MR) is 40.6 cm³/mol. The molecule has 0 fully saturated rings. The van der Waals surface area contributed by atoms with E-state index in [1.807, 2.05) is 0 Å². The summed E-state index contributed by atoms with van der Waals surface area (Å²) in [5, 5.41) is 0. The molecule has 0 nitrogen and oxygen atoms in total. The molecule has 0 heterocycles. The largest absolute Gasteiger partial charge is 0.264 e. The summed E-state index contributed by atoms with van der Waals surface area (Å²) in [6.07, 6.45) is -2.41. The summed E-state index contributed by atoms with van der Waals surface area (Å²) >= 11 is 0. The molecule has 0 aliphatic heterocycles. The minimum atomic E-state index is -2.41. The van der Waals surface area contributed by atoms with Crippen LogP contribution in [0.3, 0.4) is 0 Å². The Morgan fingerprint density at radius 3 is 2.36 bits per heavy atom. The van der Waals surface area contributed by atoms with Gasteiger partial charge >= 0.3 is 0 Å². The van der Waals surface area contributed by atoms with Crippen LogP contribution in [-0.2, 0) is 0 Å². The summed E-state index contributed by atoms with van der Waals surface area (Å²) in [5.41, 5.74) is 1.08. The van der Waals surface area contributed by atoms with Gasteiger partial charge in [0.2, 0.25) is 0 Å². The highest BCUT2D eigenvalue weighted by Gasteiger charge is 2.11. The van der Waals surface area contributed by atoms with E-state index in [9.17, 15) is 8.78 Å². The minimum Gasteiger partial charge on any atom is -0.205 e. The number of benzene rings is 1. The molecule has 1 radical (unpaired) electrons. The lowest BCUT2D eigenvalue weighted by Crippen LogP contribution is -1.92. The van der Waals surface area contributed by atoms with Gasteiger partial charge in [-0.2, -0.15) is 0 Å². The Hall–Kier alpha value is -0.920. The number of halogens is 2. The quantitative estimate of drug-likeness (QED) is 0.584. The van der Waals surface area contributed by atoms with Crippen LogP contribution in [0.15, 0.2) is 18.2 Å². The smallest absolute Gasteiger partial charge is 0.205 e. The van der Waals surface area contributed by atoms with Crippen molar-refractivity contribution < 1.29 is 8.78 Å². The first kappa shape index (κ1) is 8.18. The highest BCUT2D eigenvalue weighted by molar-refractivity contribution is 5.36. The lowest BCUT2D eigenvalue weighted by molar-refractivity contribution is 0.150. The maximum Gasteiger partial charge on any atom is 0.264 e. The van der Waals surface area contributed by atoms with Gasteiger partial charge in [0, 0.05) is 5.56 Å². The Bertz CT molecular complexity index is 233. The number of alkyl halides is 2. The van der Waals surface area contributed by atoms with Crippen LogP contribution >= 0.6 is 0 Å². The monoisotopic (exact) mass is 155 g/mol. The first-order valence-corrected chi connectivity index (χ1v) is 3.32. The van der Waals surface area contributed by atoms with E-state index in [1.54, 1.807) is 25.1 Å². The van der Waals surface area contributed by atoms with Crippen LogP contribution in [0.25, 0.3) is 0 Å². The van der Waals surface area contributed by atoms with Gasteiger partial charge in [0.15, 0.2) is 0 Å². The summed E-state index contributed by atoms with van der Waals surface area (Å²) in [4.78, 5) is 0. The lowest BCUT2D eigenvalue weighted by atomic mass is 10.0. The molecule has 0 bridgehead atoms. The molecular formula is C9H9F2. The van der Waals surface area contributed by atoms with Gasteiger partial charge in [-0.1, -0.05) is 18.2 Å². The summed E-state index contributed by atoms with van der Waals surface area (Å²) in [7, 11) is 0. The zero-order valence-electron chi connectivity index (χ0n) is 6.27. The van der Waals surface area contributed by atoms with Gasteiger partial charge < -0.3 is 0 Å². The normalized spacial score (nSPS) is 10.6. The van der Waals surface area contributed by atoms with Crippen molar-refractivity contribution in [2.24, 2.45) is 0 Å². The van der Waals surface area contributed by atoms with Gasteiger partial charge in [0.25, 0.3) is 6.43 Å². The van der Waals surface area contributed by atoms with E-state index >= 15 is 0 Å². The molecule has 0 unspecified atom stereocenters. The van der Waals surface area contributed by atoms with E-state index in [-0.39, 0.29) is 5.56 Å². The molecule has 0 aliphatic carbocycles. The second-order valence-electron chi connectivity index (χ2n) is 2.45. The van der Waals surface area contributed by atoms with Crippen molar-refractivity contribution in [3.05, 3.63) is 41.8 Å². The van der Waals surface area contributed by atoms with E-state index in [2.05, 4.69) is 6.92 Å². The average Bonchev–Trinajstić information content (AvgIpc) is 1.85. The second kappa shape index (κ2) is 2.99. The molecule has 0 aliphatic rings. The zero-order valence-corrected chi connectivity index (χ0v) is 6.27. The summed E-state index contributed by atoms with van der Waals surface area (Å²) in [6.45, 7) is 5.19. The van der Waals surface area contributed by atoms with Gasteiger partial charge in [0.05, 0.1) is 0 Å². The fraction of sp³-hybridized carbons (Fsp3) is 0.222. The van der Waals surface area contributed by atoms with Crippen molar-refractivity contribution in [2.75, 3.05) is 0 Å². The minimum absolute atomic E-state index is 0.0625. The molecule has 0 aromatic heterocycles. The summed E-state index contributed by atoms with van der Waals surface area (Å²) in [5.74, 6) is 0. The second-order valence-corrected chi connectivity index (χ2v) is 2.45. The molecular weight excluding hydrogens is 146 g/mol. The number of rotatable bonds is 1. The van der Waals surface area contributed by atoms with Crippen LogP contribution in [0, 0.1) is 13.8 Å². The lowest BCUT2D eigenvalue weighted by Gasteiger charge is -2.06. The predicted octanol–water partition coefficient (Wildman–Crippen LogP) is 3.11. The van der Waals surface area contributed by atoms with Crippen LogP contribution in [0.1, 0.15) is 23.1 Å². The molecule has 0 N–H and O–H groups in total. The zero-order chi connectivity index (χ0) is 8.43. The standard InChI is InChI=1S/C9H9F2/c1-6-4-3-5-7(2)8(6)9(10)11/h3-5,9H,1H2,2H3. The van der Waals surface area contributed by atoms with Crippen LogP contribution in [0.2, 0.25) is 0 Å². The Balaban J connectivity index is 3.21. The van der Waals surface area contributed by atoms with Crippen LogP contribution in [-0.4, -0.2) is 0 Å². The fourth-order valence-electron chi connectivity index (χ4n) is 1.05.